The van der Waals surface area contributed by atoms with E-state index in [0.29, 0.717) is 18.4 Å². The Morgan fingerprint density at radius 3 is 2.54 bits per heavy atom. The Bertz CT molecular complexity index is 703. The molecule has 0 amide bonds. The number of guanidine groups is 1. The van der Waals surface area contributed by atoms with Crippen molar-refractivity contribution in [3.05, 3.63) is 65.7 Å². The normalized spacial score (nSPS) is 15.5. The van der Waals surface area contributed by atoms with E-state index in [2.05, 4.69) is 22.4 Å². The first-order valence-corrected chi connectivity index (χ1v) is 7.70. The summed E-state index contributed by atoms with van der Waals surface area (Å²) in [5, 5.41) is 2.63. The first kappa shape index (κ1) is 18.6. The van der Waals surface area contributed by atoms with E-state index in [1.54, 1.807) is 0 Å². The molecule has 6 heteroatoms. The summed E-state index contributed by atoms with van der Waals surface area (Å²) in [6.07, 6.45) is 2.39. The molecule has 1 fully saturated rings. The molecule has 1 atom stereocenters. The van der Waals surface area contributed by atoms with Crippen molar-refractivity contribution in [1.82, 2.24) is 0 Å². The van der Waals surface area contributed by atoms with Gasteiger partial charge in [0.25, 0.3) is 0 Å². The number of aliphatic imine (C=N–C) groups is 1. The Morgan fingerprint density at radius 1 is 1.17 bits per heavy atom. The largest absolute Gasteiger partial charge is 0.370 e. The lowest BCUT2D eigenvalue weighted by Gasteiger charge is -2.15. The van der Waals surface area contributed by atoms with Crippen LogP contribution in [-0.2, 0) is 0 Å². The highest BCUT2D eigenvalue weighted by Gasteiger charge is 2.31. The van der Waals surface area contributed by atoms with E-state index in [1.807, 2.05) is 18.2 Å². The average molecular weight is 443 g/mol. The molecule has 3 N–H and O–H groups in total. The molecule has 3 rings (SSSR count). The summed E-state index contributed by atoms with van der Waals surface area (Å²) in [5.41, 5.74) is 7.06. The summed E-state index contributed by atoms with van der Waals surface area (Å²) in [6.45, 7) is 0.532. The number of nitrogens with two attached hydrogens (primary N) is 1. The van der Waals surface area contributed by atoms with Crippen molar-refractivity contribution in [2.24, 2.45) is 16.6 Å². The zero-order valence-electron chi connectivity index (χ0n) is 13.1. The zero-order valence-corrected chi connectivity index (χ0v) is 15.4. The molecule has 3 nitrogen and oxygen atoms in total. The lowest BCUT2D eigenvalue weighted by molar-refractivity contribution is 0.603. The summed E-state index contributed by atoms with van der Waals surface area (Å²) in [4.78, 5) is 4.32. The molecule has 1 aliphatic carbocycles. The van der Waals surface area contributed by atoms with Crippen molar-refractivity contribution in [2.75, 3.05) is 11.9 Å². The molecule has 0 heterocycles. The number of anilines is 1. The van der Waals surface area contributed by atoms with Gasteiger partial charge in [0, 0.05) is 18.5 Å². The lowest BCUT2D eigenvalue weighted by Crippen LogP contribution is -2.24. The summed E-state index contributed by atoms with van der Waals surface area (Å²) in [6, 6.07) is 13.4. The van der Waals surface area contributed by atoms with Crippen LogP contribution < -0.4 is 11.1 Å². The van der Waals surface area contributed by atoms with Gasteiger partial charge in [-0.1, -0.05) is 30.3 Å². The van der Waals surface area contributed by atoms with Crippen LogP contribution in [0.1, 0.15) is 24.3 Å². The standard InChI is InChI=1S/C18H19F2N3.HI/c19-14-8-9-16(20)17(10-14)23-18(21)22-11-15(13-6-7-13)12-4-2-1-3-5-12;/h1-5,8-10,13,15H,6-7,11H2,(H3,21,22,23);1H. The highest BCUT2D eigenvalue weighted by atomic mass is 127. The summed E-state index contributed by atoms with van der Waals surface area (Å²) >= 11 is 0. The van der Waals surface area contributed by atoms with Gasteiger partial charge in [-0.25, -0.2) is 8.78 Å². The SMILES string of the molecule is I.NC(=NCC(c1ccccc1)C1CC1)Nc1cc(F)ccc1F. The van der Waals surface area contributed by atoms with E-state index in [4.69, 9.17) is 5.73 Å². The number of nitrogens with one attached hydrogen (secondary N) is 1. The van der Waals surface area contributed by atoms with Gasteiger partial charge in [-0.3, -0.25) is 4.99 Å². The van der Waals surface area contributed by atoms with Gasteiger partial charge in [-0.2, -0.15) is 0 Å². The average Bonchev–Trinajstić information content (AvgIpc) is 3.37. The van der Waals surface area contributed by atoms with E-state index in [-0.39, 0.29) is 35.6 Å². The lowest BCUT2D eigenvalue weighted by atomic mass is 9.94. The second-order valence-corrected chi connectivity index (χ2v) is 5.83. The number of hydrogen-bond donors (Lipinski definition) is 2. The third-order valence-corrected chi connectivity index (χ3v) is 4.07. The molecule has 0 bridgehead atoms. The van der Waals surface area contributed by atoms with Crippen molar-refractivity contribution < 1.29 is 8.78 Å². The quantitative estimate of drug-likeness (QED) is 0.406. The minimum atomic E-state index is -0.564. The molecule has 0 radical (unpaired) electrons. The van der Waals surface area contributed by atoms with Crippen molar-refractivity contribution in [1.29, 1.82) is 0 Å². The number of nitrogens with zero attached hydrogens (tertiary/aromatic N) is 1. The molecular weight excluding hydrogens is 423 g/mol. The van der Waals surface area contributed by atoms with Crippen LogP contribution in [0.15, 0.2) is 53.5 Å². The summed E-state index contributed by atoms with van der Waals surface area (Å²) < 4.78 is 26.8. The summed E-state index contributed by atoms with van der Waals surface area (Å²) in [7, 11) is 0. The van der Waals surface area contributed by atoms with E-state index >= 15 is 0 Å². The molecule has 1 saturated carbocycles. The van der Waals surface area contributed by atoms with Crippen molar-refractivity contribution in [2.45, 2.75) is 18.8 Å². The molecule has 2 aromatic rings. The second kappa shape index (κ2) is 8.41. The molecular formula is C18H20F2IN3. The smallest absolute Gasteiger partial charge is 0.193 e. The highest BCUT2D eigenvalue weighted by molar-refractivity contribution is 14.0. The van der Waals surface area contributed by atoms with Crippen LogP contribution in [0.5, 0.6) is 0 Å². The van der Waals surface area contributed by atoms with Gasteiger partial charge in [0.15, 0.2) is 5.96 Å². The first-order chi connectivity index (χ1) is 11.1. The van der Waals surface area contributed by atoms with E-state index in [0.717, 1.165) is 18.2 Å². The summed E-state index contributed by atoms with van der Waals surface area (Å²) in [5.74, 6) is -0.0574. The van der Waals surface area contributed by atoms with Gasteiger partial charge >= 0.3 is 0 Å². The van der Waals surface area contributed by atoms with Crippen LogP contribution in [0.25, 0.3) is 0 Å². The van der Waals surface area contributed by atoms with Gasteiger partial charge in [0.1, 0.15) is 11.6 Å². The van der Waals surface area contributed by atoms with Crippen LogP contribution in [-0.4, -0.2) is 12.5 Å². The Hall–Kier alpha value is -1.70. The fourth-order valence-electron chi connectivity index (χ4n) is 2.69. The predicted octanol–water partition coefficient (Wildman–Crippen LogP) is 4.50. The number of hydrogen-bond acceptors (Lipinski definition) is 1. The van der Waals surface area contributed by atoms with E-state index < -0.39 is 11.6 Å². The Morgan fingerprint density at radius 2 is 1.88 bits per heavy atom. The Balaban J connectivity index is 0.00000208. The molecule has 0 aromatic heterocycles. The minimum Gasteiger partial charge on any atom is -0.370 e. The van der Waals surface area contributed by atoms with Crippen LogP contribution in [0, 0.1) is 17.6 Å². The van der Waals surface area contributed by atoms with E-state index in [9.17, 15) is 8.78 Å². The Kier molecular flexibility index (Phi) is 6.53. The van der Waals surface area contributed by atoms with Crippen LogP contribution in [0.3, 0.4) is 0 Å². The van der Waals surface area contributed by atoms with Gasteiger partial charge in [0.2, 0.25) is 0 Å². The molecule has 2 aromatic carbocycles. The van der Waals surface area contributed by atoms with Crippen molar-refractivity contribution >= 4 is 35.6 Å². The maximum Gasteiger partial charge on any atom is 0.193 e. The minimum absolute atomic E-state index is 0. The third-order valence-electron chi connectivity index (χ3n) is 4.07. The van der Waals surface area contributed by atoms with Crippen LogP contribution in [0.2, 0.25) is 0 Å². The van der Waals surface area contributed by atoms with Crippen LogP contribution in [0.4, 0.5) is 14.5 Å². The second-order valence-electron chi connectivity index (χ2n) is 5.83. The first-order valence-electron chi connectivity index (χ1n) is 7.70. The molecule has 128 valence electrons. The van der Waals surface area contributed by atoms with Gasteiger partial charge in [0.05, 0.1) is 5.69 Å². The maximum absolute atomic E-state index is 13.6. The predicted molar refractivity (Wildman–Crippen MR) is 104 cm³/mol. The van der Waals surface area contributed by atoms with Gasteiger partial charge in [-0.15, -0.1) is 24.0 Å². The zero-order chi connectivity index (χ0) is 16.2. The molecule has 0 spiro atoms. The number of rotatable bonds is 5. The topological polar surface area (TPSA) is 50.4 Å². The fraction of sp³-hybridized carbons (Fsp3) is 0.278. The molecule has 0 saturated heterocycles. The molecule has 1 unspecified atom stereocenters. The monoisotopic (exact) mass is 443 g/mol. The maximum atomic E-state index is 13.6. The Labute approximate surface area is 157 Å². The van der Waals surface area contributed by atoms with Crippen molar-refractivity contribution in [3.8, 4) is 0 Å². The molecule has 0 aliphatic heterocycles. The van der Waals surface area contributed by atoms with Crippen molar-refractivity contribution in [3.63, 3.8) is 0 Å². The highest BCUT2D eigenvalue weighted by Crippen LogP contribution is 2.42. The number of halogens is 3. The van der Waals surface area contributed by atoms with Gasteiger partial charge < -0.3 is 11.1 Å². The van der Waals surface area contributed by atoms with Gasteiger partial charge in [-0.05, 0) is 36.5 Å². The van der Waals surface area contributed by atoms with Crippen LogP contribution >= 0.6 is 24.0 Å². The van der Waals surface area contributed by atoms with E-state index in [1.165, 1.54) is 18.4 Å². The third kappa shape index (κ3) is 4.90. The number of benzene rings is 2. The molecule has 1 aliphatic rings. The fourth-order valence-corrected chi connectivity index (χ4v) is 2.69. The molecule has 24 heavy (non-hydrogen) atoms.